The van der Waals surface area contributed by atoms with Gasteiger partial charge in [0.1, 0.15) is 0 Å². The molecule has 100 valence electrons. The van der Waals surface area contributed by atoms with E-state index in [1.165, 1.54) is 4.90 Å². The normalized spacial score (nSPS) is 21.2. The minimum Gasteiger partial charge on any atom is -0.353 e. The molecule has 1 fully saturated rings. The zero-order chi connectivity index (χ0) is 13.3. The lowest BCUT2D eigenvalue weighted by Crippen LogP contribution is -2.42. The van der Waals surface area contributed by atoms with Crippen LogP contribution in [0.25, 0.3) is 0 Å². The van der Waals surface area contributed by atoms with E-state index in [-0.39, 0.29) is 24.1 Å². The number of alkyl halides is 3. The monoisotopic (exact) mass is 283 g/mol. The van der Waals surface area contributed by atoms with Gasteiger partial charge in [-0.1, -0.05) is 0 Å². The summed E-state index contributed by atoms with van der Waals surface area (Å²) in [4.78, 5) is 8.35. The van der Waals surface area contributed by atoms with Crippen molar-refractivity contribution in [2.24, 2.45) is 5.92 Å². The molecule has 1 unspecified atom stereocenters. The summed E-state index contributed by atoms with van der Waals surface area (Å²) in [6, 6.07) is 0. The van der Waals surface area contributed by atoms with Crippen LogP contribution in [-0.4, -0.2) is 29.2 Å². The highest BCUT2D eigenvalue weighted by Crippen LogP contribution is 2.34. The van der Waals surface area contributed by atoms with E-state index in [0.29, 0.717) is 13.0 Å². The molecule has 1 saturated heterocycles. The first-order valence-corrected chi connectivity index (χ1v) is 5.75. The van der Waals surface area contributed by atoms with Crippen LogP contribution in [0.2, 0.25) is 5.28 Å². The average molecular weight is 284 g/mol. The predicted molar refractivity (Wildman–Crippen MR) is 58.0 cm³/mol. The topological polar surface area (TPSA) is 29.0 Å². The lowest BCUT2D eigenvalue weighted by atomic mass is 9.97. The summed E-state index contributed by atoms with van der Waals surface area (Å²) in [7, 11) is 0. The highest BCUT2D eigenvalue weighted by atomic mass is 35.5. The third kappa shape index (κ3) is 2.82. The second-order valence-electron chi connectivity index (χ2n) is 4.14. The van der Waals surface area contributed by atoms with Crippen LogP contribution in [0, 0.1) is 11.7 Å². The first kappa shape index (κ1) is 13.3. The van der Waals surface area contributed by atoms with Gasteiger partial charge in [0.2, 0.25) is 5.28 Å². The van der Waals surface area contributed by atoms with Crippen molar-refractivity contribution in [3.63, 3.8) is 0 Å². The molecule has 0 spiro atoms. The van der Waals surface area contributed by atoms with Crippen LogP contribution in [0.5, 0.6) is 0 Å². The lowest BCUT2D eigenvalue weighted by molar-refractivity contribution is -0.176. The molecule has 0 bridgehead atoms. The summed E-state index contributed by atoms with van der Waals surface area (Å²) >= 11 is 5.52. The predicted octanol–water partition coefficient (Wildman–Crippen LogP) is 3.05. The molecule has 2 heterocycles. The highest BCUT2D eigenvalue weighted by Gasteiger charge is 2.42. The fourth-order valence-electron chi connectivity index (χ4n) is 2.00. The van der Waals surface area contributed by atoms with Crippen LogP contribution < -0.4 is 4.90 Å². The van der Waals surface area contributed by atoms with Gasteiger partial charge in [-0.15, -0.1) is 0 Å². The van der Waals surface area contributed by atoms with Gasteiger partial charge in [-0.05, 0) is 24.4 Å². The Kier molecular flexibility index (Phi) is 3.61. The van der Waals surface area contributed by atoms with Crippen LogP contribution in [0.4, 0.5) is 23.4 Å². The Bertz CT molecular complexity index is 438. The quantitative estimate of drug-likeness (QED) is 0.586. The van der Waals surface area contributed by atoms with Crippen molar-refractivity contribution >= 4 is 17.4 Å². The highest BCUT2D eigenvalue weighted by molar-refractivity contribution is 6.28. The van der Waals surface area contributed by atoms with Crippen molar-refractivity contribution in [1.82, 2.24) is 9.97 Å². The second kappa shape index (κ2) is 4.87. The molecule has 0 N–H and O–H groups in total. The SMILES string of the molecule is Fc1cnc(Cl)nc1N1CCCC(C(F)(F)F)C1. The molecule has 1 atom stereocenters. The maximum Gasteiger partial charge on any atom is 0.393 e. The van der Waals surface area contributed by atoms with Gasteiger partial charge in [0.05, 0.1) is 12.1 Å². The van der Waals surface area contributed by atoms with Crippen LogP contribution in [0.15, 0.2) is 6.20 Å². The number of anilines is 1. The van der Waals surface area contributed by atoms with Gasteiger partial charge in [-0.3, -0.25) is 0 Å². The molecular formula is C10H10ClF4N3. The van der Waals surface area contributed by atoms with E-state index < -0.39 is 17.9 Å². The molecule has 1 aliphatic heterocycles. The summed E-state index contributed by atoms with van der Waals surface area (Å²) in [5, 5.41) is -0.180. The third-order valence-electron chi connectivity index (χ3n) is 2.88. The molecule has 0 radical (unpaired) electrons. The van der Waals surface area contributed by atoms with Crippen molar-refractivity contribution in [1.29, 1.82) is 0 Å². The fraction of sp³-hybridized carbons (Fsp3) is 0.600. The van der Waals surface area contributed by atoms with Gasteiger partial charge in [-0.25, -0.2) is 9.37 Å². The lowest BCUT2D eigenvalue weighted by Gasteiger charge is -2.34. The summed E-state index contributed by atoms with van der Waals surface area (Å²) < 4.78 is 51.4. The van der Waals surface area contributed by atoms with Crippen molar-refractivity contribution in [2.45, 2.75) is 19.0 Å². The van der Waals surface area contributed by atoms with Gasteiger partial charge in [0.25, 0.3) is 0 Å². The Morgan fingerprint density at radius 3 is 2.78 bits per heavy atom. The van der Waals surface area contributed by atoms with Crippen LogP contribution in [-0.2, 0) is 0 Å². The Labute approximate surface area is 106 Å². The van der Waals surface area contributed by atoms with Crippen molar-refractivity contribution in [3.8, 4) is 0 Å². The largest absolute Gasteiger partial charge is 0.393 e. The van der Waals surface area contributed by atoms with E-state index in [4.69, 9.17) is 11.6 Å². The van der Waals surface area contributed by atoms with Crippen LogP contribution >= 0.6 is 11.6 Å². The standard InChI is InChI=1S/C10H10ClF4N3/c11-9-16-4-7(12)8(17-9)18-3-1-2-6(5-18)10(13,14)15/h4,6H,1-3,5H2. The number of hydrogen-bond acceptors (Lipinski definition) is 3. The van der Waals surface area contributed by atoms with E-state index in [1.54, 1.807) is 0 Å². The summed E-state index contributed by atoms with van der Waals surface area (Å²) in [6.07, 6.45) is -3.01. The number of rotatable bonds is 1. The maximum absolute atomic E-state index is 13.5. The van der Waals surface area contributed by atoms with E-state index in [9.17, 15) is 17.6 Å². The molecule has 3 nitrogen and oxygen atoms in total. The van der Waals surface area contributed by atoms with E-state index in [2.05, 4.69) is 9.97 Å². The molecule has 1 aromatic heterocycles. The molecule has 0 amide bonds. The molecule has 0 aromatic carbocycles. The molecule has 1 aromatic rings. The summed E-state index contributed by atoms with van der Waals surface area (Å²) in [5.41, 5.74) is 0. The van der Waals surface area contributed by atoms with Gasteiger partial charge in [0, 0.05) is 13.1 Å². The molecule has 8 heteroatoms. The van der Waals surface area contributed by atoms with Crippen LogP contribution in [0.3, 0.4) is 0 Å². The van der Waals surface area contributed by atoms with Crippen molar-refractivity contribution in [3.05, 3.63) is 17.3 Å². The number of hydrogen-bond donors (Lipinski definition) is 0. The van der Waals surface area contributed by atoms with E-state index in [1.807, 2.05) is 0 Å². The minimum absolute atomic E-state index is 0.0560. The van der Waals surface area contributed by atoms with Gasteiger partial charge in [0.15, 0.2) is 11.6 Å². The minimum atomic E-state index is -4.27. The summed E-state index contributed by atoms with van der Waals surface area (Å²) in [5.74, 6) is -2.38. The molecule has 1 aliphatic rings. The zero-order valence-corrected chi connectivity index (χ0v) is 9.97. The maximum atomic E-state index is 13.5. The molecule has 0 aliphatic carbocycles. The fourth-order valence-corrected chi connectivity index (χ4v) is 2.12. The zero-order valence-electron chi connectivity index (χ0n) is 9.21. The smallest absolute Gasteiger partial charge is 0.353 e. The first-order valence-electron chi connectivity index (χ1n) is 5.37. The van der Waals surface area contributed by atoms with Gasteiger partial charge < -0.3 is 4.90 Å². The number of halogens is 5. The Hall–Kier alpha value is -1.11. The Morgan fingerprint density at radius 2 is 2.11 bits per heavy atom. The molecule has 18 heavy (non-hydrogen) atoms. The molecule has 2 rings (SSSR count). The van der Waals surface area contributed by atoms with E-state index >= 15 is 0 Å². The van der Waals surface area contributed by atoms with Crippen molar-refractivity contribution in [2.75, 3.05) is 18.0 Å². The Balaban J connectivity index is 2.21. The van der Waals surface area contributed by atoms with Gasteiger partial charge in [-0.2, -0.15) is 18.2 Å². The number of aromatic nitrogens is 2. The molecule has 0 saturated carbocycles. The molecular weight excluding hydrogens is 274 g/mol. The van der Waals surface area contributed by atoms with Crippen molar-refractivity contribution < 1.29 is 17.6 Å². The third-order valence-corrected chi connectivity index (χ3v) is 3.06. The number of nitrogens with zero attached hydrogens (tertiary/aromatic N) is 3. The van der Waals surface area contributed by atoms with Crippen LogP contribution in [0.1, 0.15) is 12.8 Å². The number of piperidine rings is 1. The van der Waals surface area contributed by atoms with E-state index in [0.717, 1.165) is 6.20 Å². The average Bonchev–Trinajstić information content (AvgIpc) is 2.31. The summed E-state index contributed by atoms with van der Waals surface area (Å²) in [6.45, 7) is 0.0323. The first-order chi connectivity index (χ1) is 8.38. The van der Waals surface area contributed by atoms with Gasteiger partial charge >= 0.3 is 6.18 Å². The second-order valence-corrected chi connectivity index (χ2v) is 4.48. The Morgan fingerprint density at radius 1 is 1.39 bits per heavy atom.